The maximum atomic E-state index is 12.6. The van der Waals surface area contributed by atoms with Crippen molar-refractivity contribution < 1.29 is 4.79 Å². The van der Waals surface area contributed by atoms with Gasteiger partial charge in [0.15, 0.2) is 0 Å². The fourth-order valence-electron chi connectivity index (χ4n) is 1.89. The molecule has 0 heterocycles. The van der Waals surface area contributed by atoms with Gasteiger partial charge in [-0.1, -0.05) is 26.0 Å². The summed E-state index contributed by atoms with van der Waals surface area (Å²) in [4.78, 5) is 14.5. The van der Waals surface area contributed by atoms with Crippen LogP contribution in [0.3, 0.4) is 0 Å². The summed E-state index contributed by atoms with van der Waals surface area (Å²) in [6, 6.07) is 6.03. The summed E-state index contributed by atoms with van der Waals surface area (Å²) < 4.78 is 0.907. The molecule has 2 nitrogen and oxygen atoms in total. The average Bonchev–Trinajstić information content (AvgIpc) is 2.28. The highest BCUT2D eigenvalue weighted by Crippen LogP contribution is 2.23. The molecule has 0 aliphatic heterocycles. The molecule has 0 aliphatic rings. The number of amides is 1. The number of hydrogen-bond acceptors (Lipinski definition) is 1. The van der Waals surface area contributed by atoms with Crippen LogP contribution in [-0.4, -0.2) is 23.4 Å². The van der Waals surface area contributed by atoms with Crippen LogP contribution in [-0.2, 0) is 0 Å². The lowest BCUT2D eigenvalue weighted by atomic mass is 10.1. The van der Waals surface area contributed by atoms with E-state index in [0.717, 1.165) is 22.1 Å². The van der Waals surface area contributed by atoms with Crippen molar-refractivity contribution >= 4 is 21.8 Å². The van der Waals surface area contributed by atoms with Crippen molar-refractivity contribution in [3.8, 4) is 0 Å². The molecule has 0 aromatic heterocycles. The van der Waals surface area contributed by atoms with Gasteiger partial charge in [0.2, 0.25) is 0 Å². The van der Waals surface area contributed by atoms with Crippen LogP contribution < -0.4 is 0 Å². The van der Waals surface area contributed by atoms with E-state index in [1.165, 1.54) is 0 Å². The van der Waals surface area contributed by atoms with Gasteiger partial charge in [0.1, 0.15) is 0 Å². The van der Waals surface area contributed by atoms with Crippen LogP contribution in [0.2, 0.25) is 0 Å². The molecule has 0 radical (unpaired) electrons. The Morgan fingerprint density at radius 2 is 1.89 bits per heavy atom. The van der Waals surface area contributed by atoms with Crippen LogP contribution in [0.4, 0.5) is 0 Å². The third-order valence-electron chi connectivity index (χ3n) is 2.87. The molecule has 0 aliphatic carbocycles. The Balaban J connectivity index is 3.06. The maximum Gasteiger partial charge on any atom is 0.255 e. The molecule has 0 saturated heterocycles. The fraction of sp³-hybridized carbons (Fsp3) is 0.533. The summed E-state index contributed by atoms with van der Waals surface area (Å²) >= 11 is 3.52. The van der Waals surface area contributed by atoms with Crippen molar-refractivity contribution in [2.75, 3.05) is 6.54 Å². The van der Waals surface area contributed by atoms with Crippen LogP contribution in [0.1, 0.15) is 43.6 Å². The van der Waals surface area contributed by atoms with Crippen molar-refractivity contribution in [3.63, 3.8) is 0 Å². The van der Waals surface area contributed by atoms with Crippen LogP contribution in [0.25, 0.3) is 0 Å². The van der Waals surface area contributed by atoms with Gasteiger partial charge in [0, 0.05) is 17.1 Å². The van der Waals surface area contributed by atoms with Crippen molar-refractivity contribution in [1.29, 1.82) is 0 Å². The molecule has 0 saturated carbocycles. The molecular weight excluding hydrogens is 290 g/mol. The summed E-state index contributed by atoms with van der Waals surface area (Å²) in [5.41, 5.74) is 1.85. The van der Waals surface area contributed by atoms with E-state index in [4.69, 9.17) is 0 Å². The minimum atomic E-state index is 0.106. The quantitative estimate of drug-likeness (QED) is 0.813. The van der Waals surface area contributed by atoms with Crippen LogP contribution in [0.5, 0.6) is 0 Å². The molecule has 1 aromatic rings. The Hall–Kier alpha value is -0.830. The third kappa shape index (κ3) is 3.58. The molecule has 18 heavy (non-hydrogen) atoms. The number of carbonyl (C=O) groups is 1. The predicted octanol–water partition coefficient (Wildman–Crippen LogP) is 4.26. The standard InChI is InChI=1S/C15H22BrNO/c1-10(2)9-17(11(3)4)15(18)13-8-6-7-12(5)14(13)16/h6-8,10-11H,9H2,1-5H3. The number of benzene rings is 1. The highest BCUT2D eigenvalue weighted by molar-refractivity contribution is 9.10. The van der Waals surface area contributed by atoms with Crippen molar-refractivity contribution in [3.05, 3.63) is 33.8 Å². The van der Waals surface area contributed by atoms with E-state index in [0.29, 0.717) is 5.92 Å². The zero-order valence-electron chi connectivity index (χ0n) is 11.8. The van der Waals surface area contributed by atoms with E-state index < -0.39 is 0 Å². The highest BCUT2D eigenvalue weighted by Gasteiger charge is 2.21. The van der Waals surface area contributed by atoms with E-state index >= 15 is 0 Å². The second-order valence-electron chi connectivity index (χ2n) is 5.38. The first-order valence-electron chi connectivity index (χ1n) is 6.40. The first-order chi connectivity index (χ1) is 8.34. The van der Waals surface area contributed by atoms with Gasteiger partial charge in [-0.2, -0.15) is 0 Å². The zero-order chi connectivity index (χ0) is 13.9. The Kier molecular flexibility index (Phi) is 5.39. The van der Waals surface area contributed by atoms with E-state index in [1.807, 2.05) is 30.0 Å². The number of halogens is 1. The molecule has 0 N–H and O–H groups in total. The van der Waals surface area contributed by atoms with Gasteiger partial charge in [0.05, 0.1) is 5.56 Å². The Morgan fingerprint density at radius 1 is 1.28 bits per heavy atom. The highest BCUT2D eigenvalue weighted by atomic mass is 79.9. The summed E-state index contributed by atoms with van der Waals surface area (Å²) in [5.74, 6) is 0.578. The second-order valence-corrected chi connectivity index (χ2v) is 6.17. The number of rotatable bonds is 4. The van der Waals surface area contributed by atoms with Crippen molar-refractivity contribution in [2.45, 2.75) is 40.7 Å². The molecule has 1 aromatic carbocycles. The first-order valence-corrected chi connectivity index (χ1v) is 7.20. The van der Waals surface area contributed by atoms with Crippen molar-refractivity contribution in [1.82, 2.24) is 4.90 Å². The largest absolute Gasteiger partial charge is 0.336 e. The first kappa shape index (κ1) is 15.2. The van der Waals surface area contributed by atoms with Crippen LogP contribution in [0, 0.1) is 12.8 Å². The van der Waals surface area contributed by atoms with Gasteiger partial charge in [-0.25, -0.2) is 0 Å². The van der Waals surface area contributed by atoms with Crippen molar-refractivity contribution in [2.24, 2.45) is 5.92 Å². The molecular formula is C15H22BrNO. The summed E-state index contributed by atoms with van der Waals surface area (Å²) in [6.45, 7) is 11.2. The SMILES string of the molecule is Cc1cccc(C(=O)N(CC(C)C)C(C)C)c1Br. The van der Waals surface area contributed by atoms with Gasteiger partial charge < -0.3 is 4.90 Å². The topological polar surface area (TPSA) is 20.3 Å². The van der Waals surface area contributed by atoms with Gasteiger partial charge in [-0.05, 0) is 54.2 Å². The Labute approximate surface area is 119 Å². The third-order valence-corrected chi connectivity index (χ3v) is 3.92. The Morgan fingerprint density at radius 3 is 2.39 bits per heavy atom. The summed E-state index contributed by atoms with van der Waals surface area (Å²) in [6.07, 6.45) is 0. The molecule has 0 atom stereocenters. The lowest BCUT2D eigenvalue weighted by Gasteiger charge is -2.29. The van der Waals surface area contributed by atoms with Gasteiger partial charge in [-0.15, -0.1) is 0 Å². The van der Waals surface area contributed by atoms with Gasteiger partial charge in [-0.3, -0.25) is 4.79 Å². The minimum Gasteiger partial charge on any atom is -0.336 e. The maximum absolute atomic E-state index is 12.6. The average molecular weight is 312 g/mol. The molecule has 0 bridgehead atoms. The van der Waals surface area contributed by atoms with E-state index in [-0.39, 0.29) is 11.9 Å². The van der Waals surface area contributed by atoms with E-state index in [1.54, 1.807) is 0 Å². The number of aryl methyl sites for hydroxylation is 1. The Bertz CT molecular complexity index is 427. The predicted molar refractivity (Wildman–Crippen MR) is 79.9 cm³/mol. The smallest absolute Gasteiger partial charge is 0.255 e. The fourth-order valence-corrected chi connectivity index (χ4v) is 2.32. The lowest BCUT2D eigenvalue weighted by molar-refractivity contribution is 0.0681. The summed E-state index contributed by atoms with van der Waals surface area (Å²) in [5, 5.41) is 0. The minimum absolute atomic E-state index is 0.106. The number of carbonyl (C=O) groups excluding carboxylic acids is 1. The molecule has 1 amide bonds. The molecule has 0 fully saturated rings. The second kappa shape index (κ2) is 6.37. The molecule has 0 spiro atoms. The normalized spacial score (nSPS) is 11.1. The summed E-state index contributed by atoms with van der Waals surface area (Å²) in [7, 11) is 0. The molecule has 1 rings (SSSR count). The molecule has 3 heteroatoms. The van der Waals surface area contributed by atoms with Crippen LogP contribution >= 0.6 is 15.9 Å². The number of nitrogens with zero attached hydrogens (tertiary/aromatic N) is 1. The van der Waals surface area contributed by atoms with Gasteiger partial charge >= 0.3 is 0 Å². The van der Waals surface area contributed by atoms with Gasteiger partial charge in [0.25, 0.3) is 5.91 Å². The number of hydrogen-bond donors (Lipinski definition) is 0. The lowest BCUT2D eigenvalue weighted by Crippen LogP contribution is -2.39. The molecule has 0 unspecified atom stereocenters. The van der Waals surface area contributed by atoms with E-state index in [9.17, 15) is 4.79 Å². The molecule has 100 valence electrons. The van der Waals surface area contributed by atoms with Crippen LogP contribution in [0.15, 0.2) is 22.7 Å². The zero-order valence-corrected chi connectivity index (χ0v) is 13.4. The van der Waals surface area contributed by atoms with E-state index in [2.05, 4.69) is 43.6 Å². The monoisotopic (exact) mass is 311 g/mol.